The largest absolute Gasteiger partial charge is 0.508 e. The van der Waals surface area contributed by atoms with Crippen LogP contribution in [0.5, 0.6) is 5.75 Å². The molecule has 0 bridgehead atoms. The lowest BCUT2D eigenvalue weighted by Gasteiger charge is -2.22. The molecule has 1 saturated heterocycles. The van der Waals surface area contributed by atoms with Gasteiger partial charge in [-0.25, -0.2) is 9.78 Å². The van der Waals surface area contributed by atoms with E-state index in [-0.39, 0.29) is 24.1 Å². The highest BCUT2D eigenvalue weighted by Crippen LogP contribution is 2.24. The van der Waals surface area contributed by atoms with E-state index in [4.69, 9.17) is 4.74 Å². The molecule has 2 N–H and O–H groups in total. The van der Waals surface area contributed by atoms with Crippen LogP contribution in [0.2, 0.25) is 0 Å². The van der Waals surface area contributed by atoms with Crippen LogP contribution in [-0.4, -0.2) is 71.7 Å². The summed E-state index contributed by atoms with van der Waals surface area (Å²) >= 11 is 0. The van der Waals surface area contributed by atoms with E-state index in [1.54, 1.807) is 17.0 Å². The zero-order valence-electron chi connectivity index (χ0n) is 17.6. The van der Waals surface area contributed by atoms with Crippen molar-refractivity contribution >= 4 is 23.6 Å². The van der Waals surface area contributed by atoms with Crippen molar-refractivity contribution in [3.05, 3.63) is 41.6 Å². The molecule has 9 heteroatoms. The lowest BCUT2D eigenvalue weighted by molar-refractivity contribution is -0.150. The third kappa shape index (κ3) is 4.97. The average molecular weight is 413 g/mol. The molecule has 1 amide bonds. The van der Waals surface area contributed by atoms with Gasteiger partial charge in [0.2, 0.25) is 11.9 Å². The van der Waals surface area contributed by atoms with Crippen molar-refractivity contribution in [2.75, 3.05) is 38.0 Å². The van der Waals surface area contributed by atoms with E-state index >= 15 is 0 Å². The maximum absolute atomic E-state index is 12.9. The summed E-state index contributed by atoms with van der Waals surface area (Å²) in [6.45, 7) is 2.23. The maximum atomic E-state index is 12.9. The number of benzene rings is 1. The molecule has 0 saturated carbocycles. The topological polar surface area (TPSA) is 108 Å². The molecule has 1 aliphatic rings. The van der Waals surface area contributed by atoms with E-state index in [1.807, 2.05) is 32.0 Å². The molecule has 2 heterocycles. The van der Waals surface area contributed by atoms with Crippen molar-refractivity contribution in [2.45, 2.75) is 31.8 Å². The molecule has 0 unspecified atom stereocenters. The maximum Gasteiger partial charge on any atom is 0.328 e. The van der Waals surface area contributed by atoms with E-state index in [0.29, 0.717) is 18.9 Å². The van der Waals surface area contributed by atoms with E-state index in [0.717, 1.165) is 17.1 Å². The number of methoxy groups -OCH3 is 1. The fourth-order valence-corrected chi connectivity index (χ4v) is 3.49. The summed E-state index contributed by atoms with van der Waals surface area (Å²) in [6.07, 6.45) is 0.537. The number of phenols is 1. The Morgan fingerprint density at radius 2 is 1.97 bits per heavy atom. The number of amides is 1. The predicted octanol–water partition coefficient (Wildman–Crippen LogP) is 1.35. The van der Waals surface area contributed by atoms with Crippen molar-refractivity contribution in [3.8, 4) is 5.75 Å². The Morgan fingerprint density at radius 1 is 1.27 bits per heavy atom. The highest BCUT2D eigenvalue weighted by molar-refractivity contribution is 5.86. The van der Waals surface area contributed by atoms with Crippen molar-refractivity contribution < 1.29 is 19.4 Å². The third-order valence-corrected chi connectivity index (χ3v) is 5.02. The highest BCUT2D eigenvalue weighted by Gasteiger charge is 2.40. The molecule has 1 aromatic heterocycles. The van der Waals surface area contributed by atoms with Gasteiger partial charge in [-0.15, -0.1) is 0 Å². The number of esters is 1. The van der Waals surface area contributed by atoms with Crippen molar-refractivity contribution in [1.29, 1.82) is 0 Å². The SMILES string of the molecule is COC(=O)[C@@H]1C[C@H](Nc2nc(C)cc(N(C)C)n2)CN1C(=O)Cc1ccc(O)cc1. The number of carbonyl (C=O) groups is 2. The summed E-state index contributed by atoms with van der Waals surface area (Å²) in [7, 11) is 5.12. The number of aromatic hydroxyl groups is 1. The molecule has 1 aromatic carbocycles. The first-order valence-electron chi connectivity index (χ1n) is 9.71. The van der Waals surface area contributed by atoms with Gasteiger partial charge in [-0.3, -0.25) is 4.79 Å². The molecule has 3 rings (SSSR count). The van der Waals surface area contributed by atoms with Crippen LogP contribution in [0.3, 0.4) is 0 Å². The van der Waals surface area contributed by atoms with Gasteiger partial charge < -0.3 is 25.0 Å². The fourth-order valence-electron chi connectivity index (χ4n) is 3.49. The van der Waals surface area contributed by atoms with Crippen LogP contribution in [0.15, 0.2) is 30.3 Å². The van der Waals surface area contributed by atoms with Crippen molar-refractivity contribution in [3.63, 3.8) is 0 Å². The van der Waals surface area contributed by atoms with Gasteiger partial charge in [0.25, 0.3) is 0 Å². The van der Waals surface area contributed by atoms with Crippen LogP contribution in [0, 0.1) is 6.92 Å². The van der Waals surface area contributed by atoms with Crippen LogP contribution < -0.4 is 10.2 Å². The molecule has 2 aromatic rings. The number of ether oxygens (including phenoxy) is 1. The van der Waals surface area contributed by atoms with Crippen molar-refractivity contribution in [1.82, 2.24) is 14.9 Å². The molecule has 0 radical (unpaired) electrons. The second-order valence-corrected chi connectivity index (χ2v) is 7.59. The number of aromatic nitrogens is 2. The molecule has 30 heavy (non-hydrogen) atoms. The Balaban J connectivity index is 1.75. The number of nitrogens with one attached hydrogen (secondary N) is 1. The van der Waals surface area contributed by atoms with Crippen LogP contribution in [0.1, 0.15) is 17.7 Å². The number of nitrogens with zero attached hydrogens (tertiary/aromatic N) is 4. The van der Waals surface area contributed by atoms with Gasteiger partial charge in [-0.2, -0.15) is 4.98 Å². The molecule has 2 atom stereocenters. The Labute approximate surface area is 175 Å². The first-order chi connectivity index (χ1) is 14.3. The van der Waals surface area contributed by atoms with E-state index < -0.39 is 12.0 Å². The monoisotopic (exact) mass is 413 g/mol. The van der Waals surface area contributed by atoms with Gasteiger partial charge >= 0.3 is 5.97 Å². The van der Waals surface area contributed by atoms with Crippen LogP contribution >= 0.6 is 0 Å². The lowest BCUT2D eigenvalue weighted by Crippen LogP contribution is -2.42. The summed E-state index contributed by atoms with van der Waals surface area (Å²) < 4.78 is 4.92. The normalized spacial score (nSPS) is 18.2. The number of aryl methyl sites for hydroxylation is 1. The number of hydrogen-bond acceptors (Lipinski definition) is 8. The van der Waals surface area contributed by atoms with Gasteiger partial charge in [0.1, 0.15) is 17.6 Å². The summed E-state index contributed by atoms with van der Waals surface area (Å²) in [6, 6.07) is 7.47. The molecular weight excluding hydrogens is 386 g/mol. The standard InChI is InChI=1S/C21H27N5O4/c1-13-9-18(25(2)3)24-21(22-13)23-15-11-17(20(29)30-4)26(12-15)19(28)10-14-5-7-16(27)8-6-14/h5-9,15,17,27H,10-12H2,1-4H3,(H,22,23,24)/t15-,17-/m0/s1. The number of likely N-dealkylation sites (tertiary alicyclic amines) is 1. The smallest absolute Gasteiger partial charge is 0.328 e. The van der Waals surface area contributed by atoms with Gasteiger partial charge in [0.05, 0.1) is 13.5 Å². The second-order valence-electron chi connectivity index (χ2n) is 7.59. The number of anilines is 2. The Morgan fingerprint density at radius 3 is 2.60 bits per heavy atom. The van der Waals surface area contributed by atoms with Crippen LogP contribution in [0.4, 0.5) is 11.8 Å². The number of carbonyl (C=O) groups excluding carboxylic acids is 2. The predicted molar refractivity (Wildman–Crippen MR) is 112 cm³/mol. The van der Waals surface area contributed by atoms with Gasteiger partial charge in [-0.05, 0) is 24.6 Å². The quantitative estimate of drug-likeness (QED) is 0.684. The fraction of sp³-hybridized carbons (Fsp3) is 0.429. The summed E-state index contributed by atoms with van der Waals surface area (Å²) in [5, 5.41) is 12.7. The van der Waals surface area contributed by atoms with E-state index in [9.17, 15) is 14.7 Å². The van der Waals surface area contributed by atoms with E-state index in [1.165, 1.54) is 19.2 Å². The zero-order chi connectivity index (χ0) is 21.8. The number of phenolic OH excluding ortho intramolecular Hbond substituents is 1. The van der Waals surface area contributed by atoms with Crippen molar-refractivity contribution in [2.24, 2.45) is 0 Å². The van der Waals surface area contributed by atoms with Crippen LogP contribution in [-0.2, 0) is 20.7 Å². The molecule has 1 aliphatic heterocycles. The third-order valence-electron chi connectivity index (χ3n) is 5.02. The number of hydrogen-bond donors (Lipinski definition) is 2. The molecule has 0 spiro atoms. The van der Waals surface area contributed by atoms with E-state index in [2.05, 4.69) is 15.3 Å². The zero-order valence-corrected chi connectivity index (χ0v) is 17.6. The molecular formula is C21H27N5O4. The molecule has 1 fully saturated rings. The van der Waals surface area contributed by atoms with Crippen LogP contribution in [0.25, 0.3) is 0 Å². The highest BCUT2D eigenvalue weighted by atomic mass is 16.5. The second kappa shape index (κ2) is 8.98. The Hall–Kier alpha value is -3.36. The average Bonchev–Trinajstić information content (AvgIpc) is 3.12. The molecule has 160 valence electrons. The van der Waals surface area contributed by atoms with Gasteiger partial charge in [0.15, 0.2) is 0 Å². The number of rotatable bonds is 6. The summed E-state index contributed by atoms with van der Waals surface area (Å²) in [4.78, 5) is 37.6. The minimum absolute atomic E-state index is 0.131. The summed E-state index contributed by atoms with van der Waals surface area (Å²) in [5.41, 5.74) is 1.58. The Bertz CT molecular complexity index is 916. The first kappa shape index (κ1) is 21.4. The first-order valence-corrected chi connectivity index (χ1v) is 9.71. The minimum Gasteiger partial charge on any atom is -0.508 e. The van der Waals surface area contributed by atoms with Gasteiger partial charge in [-0.1, -0.05) is 12.1 Å². The molecule has 0 aliphatic carbocycles. The molecule has 9 nitrogen and oxygen atoms in total. The lowest BCUT2D eigenvalue weighted by atomic mass is 10.1. The van der Waals surface area contributed by atoms with Gasteiger partial charge in [0, 0.05) is 44.9 Å². The minimum atomic E-state index is -0.671. The summed E-state index contributed by atoms with van der Waals surface area (Å²) in [5.74, 6) is 0.740. The Kier molecular flexibility index (Phi) is 6.39.